The number of phenols is 1. The molecule has 4 aromatic carbocycles. The van der Waals surface area contributed by atoms with Gasteiger partial charge in [0.25, 0.3) is 30.4 Å². The van der Waals surface area contributed by atoms with Crippen molar-refractivity contribution in [2.24, 2.45) is 15.3 Å². The maximum absolute atomic E-state index is 12.7. The van der Waals surface area contributed by atoms with Crippen LogP contribution in [0.5, 0.6) is 11.8 Å². The van der Waals surface area contributed by atoms with E-state index in [1.54, 1.807) is 18.2 Å². The molecule has 0 aliphatic heterocycles. The number of nitrogens with one attached hydrogen (secondary N) is 4. The quantitative estimate of drug-likeness (QED) is 0.0151. The Labute approximate surface area is 381 Å². The number of benzene rings is 4. The second-order valence-corrected chi connectivity index (χ2v) is 18.1. The summed E-state index contributed by atoms with van der Waals surface area (Å²) in [6, 6.07) is 10.9. The van der Waals surface area contributed by atoms with Crippen LogP contribution in [0.3, 0.4) is 0 Å². The van der Waals surface area contributed by atoms with Crippen LogP contribution in [0, 0.1) is 20.8 Å². The van der Waals surface area contributed by atoms with Gasteiger partial charge in [-0.3, -0.25) is 19.1 Å². The summed E-state index contributed by atoms with van der Waals surface area (Å²) in [4.78, 5) is 32.9. The van der Waals surface area contributed by atoms with Gasteiger partial charge in [0.2, 0.25) is 34.2 Å². The van der Waals surface area contributed by atoms with Gasteiger partial charge in [-0.2, -0.15) is 60.3 Å². The van der Waals surface area contributed by atoms with E-state index >= 15 is 0 Å². The van der Waals surface area contributed by atoms with Crippen LogP contribution in [-0.4, -0.2) is 95.9 Å². The van der Waals surface area contributed by atoms with Gasteiger partial charge in [0.15, 0.2) is 5.75 Å². The normalized spacial score (nSPS) is 12.3. The number of carboxylic acid groups (broad SMARTS) is 1. The molecule has 344 valence electrons. The molecule has 10 N–H and O–H groups in total. The number of aromatic hydroxyl groups is 2. The lowest BCUT2D eigenvalue weighted by atomic mass is 10.0. The van der Waals surface area contributed by atoms with Crippen LogP contribution in [0.1, 0.15) is 32.6 Å². The van der Waals surface area contributed by atoms with Gasteiger partial charge in [-0.05, 0) is 91.0 Å². The molecule has 66 heavy (non-hydrogen) atoms. The molecular weight excluding hydrogens is 978 g/mol. The third-order valence-electron chi connectivity index (χ3n) is 8.81. The summed E-state index contributed by atoms with van der Waals surface area (Å²) in [6.07, 6.45) is 0. The number of amidine groups is 1. The van der Waals surface area contributed by atoms with Crippen molar-refractivity contribution in [3.05, 3.63) is 99.0 Å². The van der Waals surface area contributed by atoms with Crippen molar-refractivity contribution < 1.29 is 59.0 Å². The Balaban J connectivity index is 1.40. The highest BCUT2D eigenvalue weighted by molar-refractivity contribution is 7.86. The zero-order chi connectivity index (χ0) is 48.5. The molecule has 0 amide bonds. The number of carbonyl (C=O) groups is 1. The van der Waals surface area contributed by atoms with Gasteiger partial charge >= 0.3 is 12.0 Å². The van der Waals surface area contributed by atoms with E-state index in [0.717, 1.165) is 24.3 Å². The monoisotopic (exact) mass is 1010 g/mol. The molecule has 6 rings (SSSR count). The maximum atomic E-state index is 12.7. The van der Waals surface area contributed by atoms with Crippen molar-refractivity contribution in [3.63, 3.8) is 0 Å². The molecule has 0 saturated heterocycles. The Kier molecular flexibility index (Phi) is 13.7. The standard InChI is InChI=1S/C35H29Cl2N13O13S3/c1-14-24(15(2)27(66(61,62)63)16(3)25(14)40-34-43-31(37)44-35(54)46-34)39-33-42-30(36)41-32(45-33)38-22-12-19(65(58,59)60)13-23(26(22)51)48-50-28(17-7-5-4-6-8-17)49-47-21-11-18(64(55,56)57)9-10-20(21)29(52)53/h4-13,47,51H,1-3H3,(H,52,53)(H,55,56,57)(H,58,59,60)(H,61,62,63)(H2,38,39,41,42,45)(H2,40,43,44,46,54)/b49-28+,50-48?. The first-order chi connectivity index (χ1) is 30.8. The molecule has 2 aromatic heterocycles. The molecule has 0 spiro atoms. The number of anilines is 7. The Morgan fingerprint density at radius 3 is 1.73 bits per heavy atom. The predicted octanol–water partition coefficient (Wildman–Crippen LogP) is 5.93. The van der Waals surface area contributed by atoms with E-state index < -0.39 is 108 Å². The van der Waals surface area contributed by atoms with E-state index in [9.17, 15) is 59.0 Å². The summed E-state index contributed by atoms with van der Waals surface area (Å²) in [6.45, 7) is 4.21. The summed E-state index contributed by atoms with van der Waals surface area (Å²) < 4.78 is 104. The van der Waals surface area contributed by atoms with Gasteiger partial charge in [-0.25, -0.2) is 4.79 Å². The summed E-state index contributed by atoms with van der Waals surface area (Å²) in [5.74, 6) is -3.90. The molecule has 0 saturated carbocycles. The average Bonchev–Trinajstić information content (AvgIpc) is 3.20. The van der Waals surface area contributed by atoms with Crippen LogP contribution >= 0.6 is 23.2 Å². The molecule has 0 aliphatic rings. The molecule has 6 aromatic rings. The SMILES string of the molecule is Cc1c(Nc2nc(O)nc(Cl)n2)c(C)c(S(=O)(=O)O)c(C)c1Nc1nc(Cl)nc(Nc2cc(S(=O)(=O)O)cc(N=N/C(=N/Nc3cc(S(=O)(=O)O)ccc3C(=O)O)c3ccccc3)c2O)n1. The van der Waals surface area contributed by atoms with Crippen molar-refractivity contribution in [1.29, 1.82) is 0 Å². The number of phenolic OH excluding ortho intramolecular Hbond substituents is 1. The highest BCUT2D eigenvalue weighted by Gasteiger charge is 2.27. The van der Waals surface area contributed by atoms with Gasteiger partial charge in [-0.15, -0.1) is 10.2 Å². The topological polar surface area (TPSA) is 403 Å². The van der Waals surface area contributed by atoms with Crippen LogP contribution in [0.25, 0.3) is 0 Å². The highest BCUT2D eigenvalue weighted by atomic mass is 35.5. The molecule has 0 radical (unpaired) electrons. The number of carboxylic acids is 1. The fourth-order valence-electron chi connectivity index (χ4n) is 5.98. The first-order valence-electron chi connectivity index (χ1n) is 17.7. The lowest BCUT2D eigenvalue weighted by molar-refractivity contribution is 0.0697. The lowest BCUT2D eigenvalue weighted by Crippen LogP contribution is -2.13. The number of aromatic nitrogens is 6. The van der Waals surface area contributed by atoms with E-state index in [4.69, 9.17) is 23.2 Å². The smallest absolute Gasteiger partial charge is 0.337 e. The fraction of sp³-hybridized carbons (Fsp3) is 0.0857. The molecule has 0 unspecified atom stereocenters. The molecule has 0 aliphatic carbocycles. The lowest BCUT2D eigenvalue weighted by Gasteiger charge is -2.21. The summed E-state index contributed by atoms with van der Waals surface area (Å²) in [5.41, 5.74) is 0.683. The van der Waals surface area contributed by atoms with Gasteiger partial charge in [-0.1, -0.05) is 30.3 Å². The van der Waals surface area contributed by atoms with Crippen molar-refractivity contribution in [2.75, 3.05) is 21.4 Å². The van der Waals surface area contributed by atoms with Gasteiger partial charge in [0.05, 0.1) is 38.1 Å². The summed E-state index contributed by atoms with van der Waals surface area (Å²) in [5, 5.41) is 49.9. The Morgan fingerprint density at radius 2 is 1.18 bits per heavy atom. The maximum Gasteiger partial charge on any atom is 0.337 e. The van der Waals surface area contributed by atoms with Crippen molar-refractivity contribution in [3.8, 4) is 11.8 Å². The van der Waals surface area contributed by atoms with Gasteiger partial charge < -0.3 is 31.3 Å². The average molecular weight is 1010 g/mol. The van der Waals surface area contributed by atoms with Crippen LogP contribution in [0.15, 0.2) is 90.7 Å². The first kappa shape index (κ1) is 48.2. The first-order valence-corrected chi connectivity index (χ1v) is 22.8. The number of aromatic carboxylic acids is 1. The molecule has 31 heteroatoms. The van der Waals surface area contributed by atoms with Gasteiger partial charge in [0.1, 0.15) is 10.6 Å². The number of rotatable bonds is 14. The third kappa shape index (κ3) is 11.2. The summed E-state index contributed by atoms with van der Waals surface area (Å²) in [7, 11) is -14.8. The van der Waals surface area contributed by atoms with Crippen LogP contribution < -0.4 is 21.4 Å². The third-order valence-corrected chi connectivity index (χ3v) is 12.0. The molecule has 26 nitrogen and oxygen atoms in total. The minimum absolute atomic E-state index is 0.0107. The Morgan fingerprint density at radius 1 is 0.636 bits per heavy atom. The van der Waals surface area contributed by atoms with E-state index in [1.165, 1.54) is 32.9 Å². The predicted molar refractivity (Wildman–Crippen MR) is 234 cm³/mol. The van der Waals surface area contributed by atoms with E-state index in [-0.39, 0.29) is 45.4 Å². The fourth-order valence-corrected chi connectivity index (χ4v) is 8.31. The second-order valence-electron chi connectivity index (χ2n) is 13.2. The highest BCUT2D eigenvalue weighted by Crippen LogP contribution is 2.41. The Bertz CT molecular complexity index is 3350. The number of halogens is 2. The zero-order valence-electron chi connectivity index (χ0n) is 33.3. The Hall–Kier alpha value is -7.25. The number of nitrogens with zero attached hydrogens (tertiary/aromatic N) is 9. The van der Waals surface area contributed by atoms with Crippen LogP contribution in [0.4, 0.5) is 46.3 Å². The molecule has 0 atom stereocenters. The van der Waals surface area contributed by atoms with Crippen LogP contribution in [0.2, 0.25) is 10.6 Å². The van der Waals surface area contributed by atoms with Crippen molar-refractivity contribution in [2.45, 2.75) is 35.5 Å². The van der Waals surface area contributed by atoms with Crippen molar-refractivity contribution in [1.82, 2.24) is 29.9 Å². The number of hydrogen-bond acceptors (Lipinski definition) is 21. The largest absolute Gasteiger partial charge is 0.504 e. The van der Waals surface area contributed by atoms with E-state index in [0.29, 0.717) is 6.07 Å². The van der Waals surface area contributed by atoms with E-state index in [2.05, 4.69) is 66.6 Å². The number of hydrazone groups is 1. The second kappa shape index (κ2) is 18.7. The van der Waals surface area contributed by atoms with Gasteiger partial charge in [0, 0.05) is 5.56 Å². The number of hydrogen-bond donors (Lipinski definition) is 10. The zero-order valence-corrected chi connectivity index (χ0v) is 37.3. The molecular formula is C35H29Cl2N13O13S3. The minimum Gasteiger partial charge on any atom is -0.504 e. The molecule has 0 fully saturated rings. The van der Waals surface area contributed by atoms with E-state index in [1.807, 2.05) is 0 Å². The van der Waals surface area contributed by atoms with Crippen LogP contribution in [-0.2, 0) is 30.4 Å². The minimum atomic E-state index is -5.06. The summed E-state index contributed by atoms with van der Waals surface area (Å²) >= 11 is 12.1. The van der Waals surface area contributed by atoms with Crippen molar-refractivity contribution >= 4 is 112 Å². The number of azo groups is 1. The molecule has 2 heterocycles. The molecule has 0 bridgehead atoms.